The fourth-order valence-corrected chi connectivity index (χ4v) is 2.29. The van der Waals surface area contributed by atoms with Crippen LogP contribution in [0.15, 0.2) is 23.7 Å². The zero-order valence-corrected chi connectivity index (χ0v) is 9.92. The average Bonchev–Trinajstić information content (AvgIpc) is 2.73. The van der Waals surface area contributed by atoms with E-state index in [4.69, 9.17) is 5.73 Å². The van der Waals surface area contributed by atoms with Crippen molar-refractivity contribution in [2.75, 3.05) is 18.4 Å². The molecule has 2 rings (SSSR count). The van der Waals surface area contributed by atoms with Crippen molar-refractivity contribution in [3.63, 3.8) is 0 Å². The molecule has 2 heterocycles. The molecule has 4 nitrogen and oxygen atoms in total. The summed E-state index contributed by atoms with van der Waals surface area (Å²) in [7, 11) is 0. The molecule has 0 unspecified atom stereocenters. The number of aromatic nitrogens is 2. The van der Waals surface area contributed by atoms with Gasteiger partial charge in [0.05, 0.1) is 10.6 Å². The van der Waals surface area contributed by atoms with Gasteiger partial charge in [-0.3, -0.25) is 0 Å². The maximum absolute atomic E-state index is 5.42. The molecule has 0 amide bonds. The third-order valence-corrected chi connectivity index (χ3v) is 3.22. The highest BCUT2D eigenvalue weighted by Gasteiger charge is 2.05. The Bertz CT molecular complexity index is 467. The van der Waals surface area contributed by atoms with Crippen LogP contribution >= 0.6 is 11.3 Å². The molecule has 0 bridgehead atoms. The third kappa shape index (κ3) is 2.37. The molecule has 2 aromatic rings. The van der Waals surface area contributed by atoms with Gasteiger partial charge in [-0.2, -0.15) is 0 Å². The van der Waals surface area contributed by atoms with Crippen LogP contribution in [0, 0.1) is 6.92 Å². The highest BCUT2D eigenvalue weighted by molar-refractivity contribution is 7.13. The minimum Gasteiger partial charge on any atom is -0.353 e. The first-order valence-electron chi connectivity index (χ1n) is 5.12. The van der Waals surface area contributed by atoms with Gasteiger partial charge in [-0.1, -0.05) is 0 Å². The lowest BCUT2D eigenvalue weighted by atomic mass is 10.2. The summed E-state index contributed by atoms with van der Waals surface area (Å²) in [6.45, 7) is 3.35. The van der Waals surface area contributed by atoms with Gasteiger partial charge in [-0.25, -0.2) is 9.97 Å². The lowest BCUT2D eigenvalue weighted by molar-refractivity contribution is 0.990. The van der Waals surface area contributed by atoms with E-state index < -0.39 is 0 Å². The van der Waals surface area contributed by atoms with E-state index in [2.05, 4.69) is 33.7 Å². The molecule has 0 fully saturated rings. The minimum absolute atomic E-state index is 0.575. The van der Waals surface area contributed by atoms with E-state index in [1.165, 1.54) is 10.4 Å². The topological polar surface area (TPSA) is 63.8 Å². The predicted molar refractivity (Wildman–Crippen MR) is 67.6 cm³/mol. The molecule has 16 heavy (non-hydrogen) atoms. The van der Waals surface area contributed by atoms with Gasteiger partial charge in [0.2, 0.25) is 5.95 Å². The SMILES string of the molecule is Cc1ccsc1-c1ccnc(NCCN)n1. The van der Waals surface area contributed by atoms with Crippen LogP contribution in [0.25, 0.3) is 10.6 Å². The number of nitrogens with two attached hydrogens (primary N) is 1. The standard InChI is InChI=1S/C11H14N4S/c1-8-3-7-16-10(8)9-2-5-13-11(15-9)14-6-4-12/h2-3,5,7H,4,6,12H2,1H3,(H,13,14,15). The van der Waals surface area contributed by atoms with Crippen LogP contribution in [0.2, 0.25) is 0 Å². The Hall–Kier alpha value is -1.46. The van der Waals surface area contributed by atoms with Crippen LogP contribution in [-0.4, -0.2) is 23.1 Å². The number of nitrogens with zero attached hydrogens (tertiary/aromatic N) is 2. The average molecular weight is 234 g/mol. The number of nitrogens with one attached hydrogen (secondary N) is 1. The number of anilines is 1. The van der Waals surface area contributed by atoms with E-state index in [1.54, 1.807) is 17.5 Å². The lowest BCUT2D eigenvalue weighted by Gasteiger charge is -2.04. The highest BCUT2D eigenvalue weighted by atomic mass is 32.1. The Labute approximate surface area is 98.6 Å². The summed E-state index contributed by atoms with van der Waals surface area (Å²) in [5.74, 6) is 0.635. The molecule has 0 atom stereocenters. The van der Waals surface area contributed by atoms with Crippen molar-refractivity contribution in [1.29, 1.82) is 0 Å². The van der Waals surface area contributed by atoms with Crippen LogP contribution < -0.4 is 11.1 Å². The monoisotopic (exact) mass is 234 g/mol. The smallest absolute Gasteiger partial charge is 0.223 e. The van der Waals surface area contributed by atoms with E-state index in [0.717, 1.165) is 5.69 Å². The first kappa shape index (κ1) is 11.0. The predicted octanol–water partition coefficient (Wildman–Crippen LogP) is 1.88. The van der Waals surface area contributed by atoms with Crippen molar-refractivity contribution in [3.8, 4) is 10.6 Å². The van der Waals surface area contributed by atoms with Crippen molar-refractivity contribution < 1.29 is 0 Å². The van der Waals surface area contributed by atoms with E-state index >= 15 is 0 Å². The molecule has 0 saturated carbocycles. The van der Waals surface area contributed by atoms with Crippen molar-refractivity contribution in [2.45, 2.75) is 6.92 Å². The van der Waals surface area contributed by atoms with Gasteiger partial charge in [0, 0.05) is 19.3 Å². The minimum atomic E-state index is 0.575. The number of hydrogen-bond donors (Lipinski definition) is 2. The molecule has 84 valence electrons. The van der Waals surface area contributed by atoms with Gasteiger partial charge < -0.3 is 11.1 Å². The van der Waals surface area contributed by atoms with Crippen LogP contribution in [0.4, 0.5) is 5.95 Å². The molecule has 2 aromatic heterocycles. The molecule has 0 aliphatic carbocycles. The molecule has 0 radical (unpaired) electrons. The number of rotatable bonds is 4. The molecule has 0 aromatic carbocycles. The Kier molecular flexibility index (Phi) is 3.48. The van der Waals surface area contributed by atoms with Gasteiger partial charge in [0.15, 0.2) is 0 Å². The van der Waals surface area contributed by atoms with Crippen molar-refractivity contribution >= 4 is 17.3 Å². The second-order valence-corrected chi connectivity index (χ2v) is 4.33. The van der Waals surface area contributed by atoms with Crippen LogP contribution in [-0.2, 0) is 0 Å². The van der Waals surface area contributed by atoms with Gasteiger partial charge in [-0.15, -0.1) is 11.3 Å². The van der Waals surface area contributed by atoms with Gasteiger partial charge >= 0.3 is 0 Å². The highest BCUT2D eigenvalue weighted by Crippen LogP contribution is 2.27. The normalized spacial score (nSPS) is 10.4. The molecular weight excluding hydrogens is 220 g/mol. The zero-order chi connectivity index (χ0) is 11.4. The van der Waals surface area contributed by atoms with Crippen molar-refractivity contribution in [2.24, 2.45) is 5.73 Å². The quantitative estimate of drug-likeness (QED) is 0.848. The molecule has 0 spiro atoms. The fourth-order valence-electron chi connectivity index (χ4n) is 1.39. The van der Waals surface area contributed by atoms with Crippen molar-refractivity contribution in [3.05, 3.63) is 29.3 Å². The van der Waals surface area contributed by atoms with Gasteiger partial charge in [0.1, 0.15) is 0 Å². The van der Waals surface area contributed by atoms with E-state index in [9.17, 15) is 0 Å². The Morgan fingerprint density at radius 1 is 1.44 bits per heavy atom. The number of aryl methyl sites for hydroxylation is 1. The molecule has 5 heteroatoms. The molecule has 0 aliphatic rings. The van der Waals surface area contributed by atoms with E-state index in [0.29, 0.717) is 19.0 Å². The van der Waals surface area contributed by atoms with Crippen LogP contribution in [0.3, 0.4) is 0 Å². The summed E-state index contributed by atoms with van der Waals surface area (Å²) < 4.78 is 0. The first-order valence-corrected chi connectivity index (χ1v) is 6.00. The molecule has 0 saturated heterocycles. The molecular formula is C11H14N4S. The molecule has 3 N–H and O–H groups in total. The summed E-state index contributed by atoms with van der Waals surface area (Å²) in [6.07, 6.45) is 1.76. The maximum Gasteiger partial charge on any atom is 0.223 e. The second kappa shape index (κ2) is 5.05. The van der Waals surface area contributed by atoms with Gasteiger partial charge in [0.25, 0.3) is 0 Å². The summed E-state index contributed by atoms with van der Waals surface area (Å²) in [4.78, 5) is 9.78. The Morgan fingerprint density at radius 2 is 2.31 bits per heavy atom. The zero-order valence-electron chi connectivity index (χ0n) is 9.10. The largest absolute Gasteiger partial charge is 0.353 e. The summed E-state index contributed by atoms with van der Waals surface area (Å²) in [6, 6.07) is 4.02. The summed E-state index contributed by atoms with van der Waals surface area (Å²) in [5, 5.41) is 5.14. The maximum atomic E-state index is 5.42. The molecule has 0 aliphatic heterocycles. The second-order valence-electron chi connectivity index (χ2n) is 3.41. The first-order chi connectivity index (χ1) is 7.81. The summed E-state index contributed by atoms with van der Waals surface area (Å²) >= 11 is 1.69. The summed E-state index contributed by atoms with van der Waals surface area (Å²) in [5.41, 5.74) is 7.62. The third-order valence-electron chi connectivity index (χ3n) is 2.18. The Balaban J connectivity index is 2.26. The van der Waals surface area contributed by atoms with E-state index in [-0.39, 0.29) is 0 Å². The van der Waals surface area contributed by atoms with E-state index in [1.807, 2.05) is 6.07 Å². The van der Waals surface area contributed by atoms with Gasteiger partial charge in [-0.05, 0) is 30.0 Å². The van der Waals surface area contributed by atoms with Crippen LogP contribution in [0.1, 0.15) is 5.56 Å². The number of thiophene rings is 1. The van der Waals surface area contributed by atoms with Crippen LogP contribution in [0.5, 0.6) is 0 Å². The Morgan fingerprint density at radius 3 is 3.00 bits per heavy atom. The number of hydrogen-bond acceptors (Lipinski definition) is 5. The lowest BCUT2D eigenvalue weighted by Crippen LogP contribution is -2.14. The van der Waals surface area contributed by atoms with Crippen molar-refractivity contribution in [1.82, 2.24) is 9.97 Å². The fraction of sp³-hybridized carbons (Fsp3) is 0.273.